The summed E-state index contributed by atoms with van der Waals surface area (Å²) in [5.74, 6) is 0. The Hall–Kier alpha value is -6.14. The summed E-state index contributed by atoms with van der Waals surface area (Å²) in [6, 6.07) is 60.9. The van der Waals surface area contributed by atoms with E-state index in [1.807, 2.05) is 22.7 Å². The molecule has 0 radical (unpaired) electrons. The van der Waals surface area contributed by atoms with Gasteiger partial charge in [-0.1, -0.05) is 159 Å². The first-order valence-corrected chi connectivity index (χ1v) is 24.7. The highest BCUT2D eigenvalue weighted by Gasteiger charge is 2.47. The smallest absolute Gasteiger partial charge is 0.333 e. The molecule has 2 nitrogen and oxygen atoms in total. The summed E-state index contributed by atoms with van der Waals surface area (Å²) in [5, 5.41) is 5.24. The summed E-state index contributed by atoms with van der Waals surface area (Å²) >= 11 is 3.87. The third kappa shape index (κ3) is 6.26. The highest BCUT2D eigenvalue weighted by Crippen LogP contribution is 2.54. The van der Waals surface area contributed by atoms with Crippen LogP contribution in [0, 0.1) is 0 Å². The maximum Gasteiger partial charge on any atom is 0.333 e. The average Bonchev–Trinajstić information content (AvgIpc) is 3.85. The van der Waals surface area contributed by atoms with Gasteiger partial charge in [0.2, 0.25) is 0 Å². The summed E-state index contributed by atoms with van der Waals surface area (Å²) in [5.41, 5.74) is 17.9. The van der Waals surface area contributed by atoms with Gasteiger partial charge in [0.1, 0.15) is 0 Å². The van der Waals surface area contributed by atoms with Gasteiger partial charge < -0.3 is 9.71 Å². The fourth-order valence-electron chi connectivity index (χ4n) is 10.6. The number of thiophene rings is 2. The van der Waals surface area contributed by atoms with Crippen molar-refractivity contribution in [2.45, 2.75) is 78.6 Å². The van der Waals surface area contributed by atoms with E-state index in [4.69, 9.17) is 0 Å². The zero-order chi connectivity index (χ0) is 44.7. The summed E-state index contributed by atoms with van der Waals surface area (Å²) in [4.78, 5) is 5.37. The van der Waals surface area contributed by atoms with Gasteiger partial charge in [0.05, 0.1) is 5.69 Å². The Balaban J connectivity index is 1.27. The summed E-state index contributed by atoms with van der Waals surface area (Å²) < 4.78 is 5.32. The number of benzene rings is 8. The summed E-state index contributed by atoms with van der Waals surface area (Å²) in [6.45, 7) is 20.8. The number of rotatable bonds is 3. The monoisotopic (exact) mass is 876 g/mol. The number of fused-ring (bicyclic) bond motifs is 11. The van der Waals surface area contributed by atoms with Crippen LogP contribution in [0.5, 0.6) is 0 Å². The Morgan fingerprint density at radius 1 is 0.415 bits per heavy atom. The highest BCUT2D eigenvalue weighted by atomic mass is 32.1. The van der Waals surface area contributed by atoms with Gasteiger partial charge in [0.25, 0.3) is 0 Å². The van der Waals surface area contributed by atoms with Crippen LogP contribution in [0.2, 0.25) is 0 Å². The Bertz CT molecular complexity index is 3560. The molecule has 318 valence electrons. The van der Waals surface area contributed by atoms with Gasteiger partial charge in [-0.05, 0) is 110 Å². The molecule has 2 aliphatic rings. The lowest BCUT2D eigenvalue weighted by atomic mass is 9.43. The fraction of sp³-hybridized carbons (Fsp3) is 0.200. The Morgan fingerprint density at radius 3 is 1.69 bits per heavy atom. The third-order valence-electron chi connectivity index (χ3n) is 14.1. The van der Waals surface area contributed by atoms with Crippen molar-refractivity contribution in [3.63, 3.8) is 0 Å². The number of hydrogen-bond donors (Lipinski definition) is 0. The molecule has 2 aliphatic heterocycles. The summed E-state index contributed by atoms with van der Waals surface area (Å²) in [7, 11) is 0. The molecule has 0 saturated carbocycles. The number of hydrogen-bond acceptors (Lipinski definition) is 4. The maximum absolute atomic E-state index is 2.71. The van der Waals surface area contributed by atoms with E-state index in [-0.39, 0.29) is 23.1 Å². The van der Waals surface area contributed by atoms with Crippen LogP contribution in [0.3, 0.4) is 0 Å². The maximum atomic E-state index is 2.71. The summed E-state index contributed by atoms with van der Waals surface area (Å²) in [6.07, 6.45) is 0. The lowest BCUT2D eigenvalue weighted by molar-refractivity contribution is 0.590. The first kappa shape index (κ1) is 40.4. The van der Waals surface area contributed by atoms with Crippen molar-refractivity contribution >= 4 is 109 Å². The molecule has 0 saturated heterocycles. The fourth-order valence-corrected chi connectivity index (χ4v) is 13.0. The van der Waals surface area contributed by atoms with E-state index in [0.29, 0.717) is 0 Å². The van der Waals surface area contributed by atoms with Gasteiger partial charge in [0, 0.05) is 79.8 Å². The molecule has 8 aromatic carbocycles. The van der Waals surface area contributed by atoms with Gasteiger partial charge in [-0.25, -0.2) is 0 Å². The lowest BCUT2D eigenvalue weighted by Gasteiger charge is -2.46. The lowest BCUT2D eigenvalue weighted by Crippen LogP contribution is -2.61. The highest BCUT2D eigenvalue weighted by molar-refractivity contribution is 7.27. The van der Waals surface area contributed by atoms with Crippen LogP contribution in [0.1, 0.15) is 79.0 Å². The standard InChI is InChI=1S/C60H53BN2S2/c1-58(2,3)37-23-27-40(28-24-37)63-49-32-39(60(7,8)9)25-29-43(49)55-56-51(34-46-42-20-14-16-22-53(42)65-57(46)55)62(48-30-26-38(59(4,5)6)31-44(48)36-17-11-10-12-18-36)50-33-45-41-19-13-15-21-52(41)64-54(45)35-47(50)61(56)63/h10-35H,1-9H3. The van der Waals surface area contributed by atoms with Crippen LogP contribution < -0.4 is 20.6 Å². The van der Waals surface area contributed by atoms with Gasteiger partial charge in [-0.2, -0.15) is 0 Å². The third-order valence-corrected chi connectivity index (χ3v) is 16.5. The van der Waals surface area contributed by atoms with Crippen LogP contribution >= 0.6 is 22.7 Å². The van der Waals surface area contributed by atoms with Crippen LogP contribution in [0.25, 0.3) is 62.6 Å². The molecule has 10 aromatic rings. The van der Waals surface area contributed by atoms with Crippen molar-refractivity contribution < 1.29 is 0 Å². The van der Waals surface area contributed by atoms with E-state index in [0.717, 1.165) is 0 Å². The van der Waals surface area contributed by atoms with Crippen molar-refractivity contribution in [3.8, 4) is 22.3 Å². The second-order valence-electron chi connectivity index (χ2n) is 21.4. The predicted octanol–water partition coefficient (Wildman–Crippen LogP) is 16.7. The Kier molecular flexibility index (Phi) is 8.81. The molecular formula is C60H53BN2S2. The minimum absolute atomic E-state index is 0.0267. The number of nitrogens with zero attached hydrogens (tertiary/aromatic N) is 2. The van der Waals surface area contributed by atoms with Crippen molar-refractivity contribution in [3.05, 3.63) is 174 Å². The van der Waals surface area contributed by atoms with Crippen molar-refractivity contribution in [2.24, 2.45) is 0 Å². The molecule has 0 bridgehead atoms. The molecule has 4 heterocycles. The van der Waals surface area contributed by atoms with E-state index in [9.17, 15) is 0 Å². The largest absolute Gasteiger partial charge is 0.376 e. The zero-order valence-electron chi connectivity index (χ0n) is 38.8. The predicted molar refractivity (Wildman–Crippen MR) is 287 cm³/mol. The first-order valence-electron chi connectivity index (χ1n) is 23.1. The normalized spacial score (nSPS) is 13.8. The minimum Gasteiger partial charge on any atom is -0.376 e. The molecule has 0 atom stereocenters. The molecule has 0 spiro atoms. The van der Waals surface area contributed by atoms with Crippen molar-refractivity contribution in [1.29, 1.82) is 0 Å². The van der Waals surface area contributed by atoms with E-state index in [1.54, 1.807) is 0 Å². The van der Waals surface area contributed by atoms with Crippen molar-refractivity contribution in [1.82, 2.24) is 0 Å². The molecule has 5 heteroatoms. The second kappa shape index (κ2) is 14.2. The van der Waals surface area contributed by atoms with Crippen molar-refractivity contribution in [2.75, 3.05) is 9.71 Å². The van der Waals surface area contributed by atoms with Gasteiger partial charge in [0.15, 0.2) is 0 Å². The molecule has 0 aliphatic carbocycles. The van der Waals surface area contributed by atoms with E-state index in [1.165, 1.54) is 119 Å². The molecule has 65 heavy (non-hydrogen) atoms. The van der Waals surface area contributed by atoms with Crippen LogP contribution in [0.4, 0.5) is 28.4 Å². The average molecular weight is 877 g/mol. The van der Waals surface area contributed by atoms with E-state index < -0.39 is 0 Å². The topological polar surface area (TPSA) is 6.48 Å². The minimum atomic E-state index is -0.104. The van der Waals surface area contributed by atoms with Gasteiger partial charge in [-0.15, -0.1) is 22.7 Å². The first-order chi connectivity index (χ1) is 31.1. The van der Waals surface area contributed by atoms with Crippen LogP contribution in [0.15, 0.2) is 158 Å². The zero-order valence-corrected chi connectivity index (χ0v) is 40.4. The quantitative estimate of drug-likeness (QED) is 0.163. The Morgan fingerprint density at radius 2 is 1.00 bits per heavy atom. The molecule has 2 aromatic heterocycles. The SMILES string of the molecule is CC(C)(C)c1ccc(N2B3c4cc5sc6ccccc6c5cc4N(c4ccc(C(C)(C)C)cc4-c4ccccc4)c4cc5c(sc6ccccc65)c(c43)-c3ccc(C(C)(C)C)cc32)cc1. The van der Waals surface area contributed by atoms with Gasteiger partial charge in [-0.3, -0.25) is 0 Å². The van der Waals surface area contributed by atoms with Gasteiger partial charge >= 0.3 is 6.85 Å². The van der Waals surface area contributed by atoms with Crippen LogP contribution in [-0.4, -0.2) is 6.85 Å². The van der Waals surface area contributed by atoms with E-state index in [2.05, 4.69) is 230 Å². The number of anilines is 5. The molecule has 12 rings (SSSR count). The Labute approximate surface area is 391 Å². The second-order valence-corrected chi connectivity index (χ2v) is 23.5. The molecule has 0 N–H and O–H groups in total. The van der Waals surface area contributed by atoms with E-state index >= 15 is 0 Å². The van der Waals surface area contributed by atoms with Crippen LogP contribution in [-0.2, 0) is 16.2 Å². The molecular weight excluding hydrogens is 824 g/mol. The molecule has 0 fully saturated rings. The molecule has 0 unspecified atom stereocenters. The molecule has 0 amide bonds.